The second-order valence-electron chi connectivity index (χ2n) is 4.80. The first-order valence-electron chi connectivity index (χ1n) is 6.55. The summed E-state index contributed by atoms with van der Waals surface area (Å²) in [7, 11) is 0. The topological polar surface area (TPSA) is 29.1 Å². The third kappa shape index (κ3) is 3.68. The van der Waals surface area contributed by atoms with Gasteiger partial charge in [-0.2, -0.15) is 0 Å². The number of amides is 1. The van der Waals surface area contributed by atoms with Crippen molar-refractivity contribution in [3.63, 3.8) is 0 Å². The largest absolute Gasteiger partial charge is 0.349 e. The zero-order chi connectivity index (χ0) is 13.7. The number of benzene rings is 2. The van der Waals surface area contributed by atoms with Gasteiger partial charge in [0, 0.05) is 0 Å². The molecule has 1 atom stereocenters. The Morgan fingerprint density at radius 1 is 1.05 bits per heavy atom. The van der Waals surface area contributed by atoms with Gasteiger partial charge in [-0.1, -0.05) is 54.6 Å². The Morgan fingerprint density at radius 3 is 2.37 bits per heavy atom. The highest BCUT2D eigenvalue weighted by Gasteiger charge is 2.10. The maximum absolute atomic E-state index is 12.0. The summed E-state index contributed by atoms with van der Waals surface area (Å²) in [6, 6.07) is 18.0. The van der Waals surface area contributed by atoms with Crippen LogP contribution in [0.4, 0.5) is 0 Å². The second kappa shape index (κ2) is 6.19. The lowest BCUT2D eigenvalue weighted by Gasteiger charge is -2.14. The Kier molecular flexibility index (Phi) is 4.35. The lowest BCUT2D eigenvalue weighted by atomic mass is 10.0. The molecule has 2 nitrogen and oxygen atoms in total. The van der Waals surface area contributed by atoms with Crippen molar-refractivity contribution in [2.45, 2.75) is 26.3 Å². The molecule has 2 heteroatoms. The summed E-state index contributed by atoms with van der Waals surface area (Å²) in [5, 5.41) is 3.03. The van der Waals surface area contributed by atoms with Crippen molar-refractivity contribution in [2.75, 3.05) is 0 Å². The van der Waals surface area contributed by atoms with E-state index in [1.165, 1.54) is 0 Å². The minimum atomic E-state index is 0.0396. The van der Waals surface area contributed by atoms with Crippen molar-refractivity contribution in [3.05, 3.63) is 71.3 Å². The summed E-state index contributed by atoms with van der Waals surface area (Å²) in [6.07, 6.45) is 0.434. The van der Waals surface area contributed by atoms with Gasteiger partial charge in [-0.15, -0.1) is 0 Å². The minimum absolute atomic E-state index is 0.0396. The van der Waals surface area contributed by atoms with E-state index in [1.54, 1.807) is 0 Å². The molecule has 0 aliphatic rings. The summed E-state index contributed by atoms with van der Waals surface area (Å²) >= 11 is 0. The summed E-state index contributed by atoms with van der Waals surface area (Å²) in [5.41, 5.74) is 3.37. The summed E-state index contributed by atoms with van der Waals surface area (Å²) in [5.74, 6) is 0.0608. The zero-order valence-corrected chi connectivity index (χ0v) is 11.4. The fourth-order valence-corrected chi connectivity index (χ4v) is 2.10. The van der Waals surface area contributed by atoms with Crippen LogP contribution in [0.25, 0.3) is 0 Å². The fourth-order valence-electron chi connectivity index (χ4n) is 2.10. The molecule has 2 aromatic rings. The van der Waals surface area contributed by atoms with Crippen LogP contribution in [0.15, 0.2) is 54.6 Å². The van der Waals surface area contributed by atoms with E-state index in [9.17, 15) is 4.79 Å². The quantitative estimate of drug-likeness (QED) is 0.888. The van der Waals surface area contributed by atoms with Gasteiger partial charge >= 0.3 is 0 Å². The number of carbonyl (C=O) groups is 1. The van der Waals surface area contributed by atoms with E-state index in [0.29, 0.717) is 6.42 Å². The molecule has 0 radical (unpaired) electrons. The van der Waals surface area contributed by atoms with Crippen LogP contribution >= 0.6 is 0 Å². The number of hydrogen-bond acceptors (Lipinski definition) is 1. The van der Waals surface area contributed by atoms with Crippen molar-refractivity contribution in [2.24, 2.45) is 0 Å². The lowest BCUT2D eigenvalue weighted by Crippen LogP contribution is -2.28. The van der Waals surface area contributed by atoms with Gasteiger partial charge in [0.05, 0.1) is 12.5 Å². The molecule has 1 unspecified atom stereocenters. The number of rotatable bonds is 4. The molecule has 2 rings (SSSR count). The smallest absolute Gasteiger partial charge is 0.224 e. The maximum atomic E-state index is 12.0. The van der Waals surface area contributed by atoms with E-state index in [4.69, 9.17) is 0 Å². The SMILES string of the molecule is Cc1ccccc1CC(=O)NC(C)c1ccccc1. The van der Waals surface area contributed by atoms with Crippen molar-refractivity contribution < 1.29 is 4.79 Å². The van der Waals surface area contributed by atoms with Crippen molar-refractivity contribution in [1.29, 1.82) is 0 Å². The van der Waals surface area contributed by atoms with E-state index in [1.807, 2.05) is 68.4 Å². The van der Waals surface area contributed by atoms with E-state index >= 15 is 0 Å². The average Bonchev–Trinajstić information content (AvgIpc) is 2.42. The molecule has 0 aromatic heterocycles. The third-order valence-electron chi connectivity index (χ3n) is 3.29. The van der Waals surface area contributed by atoms with Crippen LogP contribution in [0.3, 0.4) is 0 Å². The molecular weight excluding hydrogens is 234 g/mol. The monoisotopic (exact) mass is 253 g/mol. The Balaban J connectivity index is 1.97. The van der Waals surface area contributed by atoms with E-state index in [-0.39, 0.29) is 11.9 Å². The predicted octanol–water partition coefficient (Wildman–Crippen LogP) is 3.41. The number of hydrogen-bond donors (Lipinski definition) is 1. The molecule has 0 aliphatic heterocycles. The third-order valence-corrected chi connectivity index (χ3v) is 3.29. The summed E-state index contributed by atoms with van der Waals surface area (Å²) in [6.45, 7) is 4.04. The van der Waals surface area contributed by atoms with Crippen LogP contribution in [-0.4, -0.2) is 5.91 Å². The minimum Gasteiger partial charge on any atom is -0.349 e. The Bertz CT molecular complexity index is 548. The standard InChI is InChI=1S/C17H19NO/c1-13-8-6-7-11-16(13)12-17(19)18-14(2)15-9-4-3-5-10-15/h3-11,14H,12H2,1-2H3,(H,18,19). The van der Waals surface area contributed by atoms with Gasteiger partial charge in [0.2, 0.25) is 5.91 Å². The first-order valence-corrected chi connectivity index (χ1v) is 6.55. The molecule has 0 saturated heterocycles. The van der Waals surface area contributed by atoms with E-state index < -0.39 is 0 Å². The maximum Gasteiger partial charge on any atom is 0.224 e. The van der Waals surface area contributed by atoms with Crippen LogP contribution in [0.5, 0.6) is 0 Å². The van der Waals surface area contributed by atoms with Crippen molar-refractivity contribution in [1.82, 2.24) is 5.32 Å². The van der Waals surface area contributed by atoms with Gasteiger partial charge in [0.1, 0.15) is 0 Å². The molecule has 98 valence electrons. The van der Waals surface area contributed by atoms with Gasteiger partial charge in [0.15, 0.2) is 0 Å². The molecule has 0 aliphatic carbocycles. The molecular formula is C17H19NO. The molecule has 0 heterocycles. The highest BCUT2D eigenvalue weighted by atomic mass is 16.1. The van der Waals surface area contributed by atoms with Crippen LogP contribution in [0, 0.1) is 6.92 Å². The van der Waals surface area contributed by atoms with Crippen LogP contribution < -0.4 is 5.32 Å². The predicted molar refractivity (Wildman–Crippen MR) is 77.9 cm³/mol. The van der Waals surface area contributed by atoms with Gasteiger partial charge in [-0.05, 0) is 30.5 Å². The molecule has 2 aromatic carbocycles. The zero-order valence-electron chi connectivity index (χ0n) is 11.4. The van der Waals surface area contributed by atoms with Crippen molar-refractivity contribution >= 4 is 5.91 Å². The van der Waals surface area contributed by atoms with Crippen molar-refractivity contribution in [3.8, 4) is 0 Å². The summed E-state index contributed by atoms with van der Waals surface area (Å²) < 4.78 is 0. The Labute approximate surface area is 114 Å². The Morgan fingerprint density at radius 2 is 1.68 bits per heavy atom. The van der Waals surface area contributed by atoms with Crippen LogP contribution in [-0.2, 0) is 11.2 Å². The van der Waals surface area contributed by atoms with E-state index in [2.05, 4.69) is 5.32 Å². The van der Waals surface area contributed by atoms with E-state index in [0.717, 1.165) is 16.7 Å². The number of carbonyl (C=O) groups excluding carboxylic acids is 1. The lowest BCUT2D eigenvalue weighted by molar-refractivity contribution is -0.121. The number of nitrogens with one attached hydrogen (secondary N) is 1. The second-order valence-corrected chi connectivity index (χ2v) is 4.80. The number of aryl methyl sites for hydroxylation is 1. The van der Waals surface area contributed by atoms with Crippen LogP contribution in [0.2, 0.25) is 0 Å². The Hall–Kier alpha value is -2.09. The molecule has 0 fully saturated rings. The first-order chi connectivity index (χ1) is 9.16. The first kappa shape index (κ1) is 13.3. The molecule has 0 saturated carbocycles. The highest BCUT2D eigenvalue weighted by molar-refractivity contribution is 5.79. The van der Waals surface area contributed by atoms with Gasteiger partial charge in [-0.25, -0.2) is 0 Å². The summed E-state index contributed by atoms with van der Waals surface area (Å²) in [4.78, 5) is 12.0. The average molecular weight is 253 g/mol. The fraction of sp³-hybridized carbons (Fsp3) is 0.235. The molecule has 1 N–H and O–H groups in total. The molecule has 0 bridgehead atoms. The normalized spacial score (nSPS) is 11.9. The van der Waals surface area contributed by atoms with Gasteiger partial charge in [0.25, 0.3) is 0 Å². The molecule has 0 spiro atoms. The van der Waals surface area contributed by atoms with Crippen LogP contribution in [0.1, 0.15) is 29.7 Å². The molecule has 19 heavy (non-hydrogen) atoms. The van der Waals surface area contributed by atoms with Gasteiger partial charge in [-0.3, -0.25) is 4.79 Å². The highest BCUT2D eigenvalue weighted by Crippen LogP contribution is 2.12. The van der Waals surface area contributed by atoms with Gasteiger partial charge < -0.3 is 5.32 Å². The molecule has 1 amide bonds.